The van der Waals surface area contributed by atoms with Crippen molar-refractivity contribution in [3.63, 3.8) is 0 Å². The second-order valence-electron chi connectivity index (χ2n) is 6.22. The van der Waals surface area contributed by atoms with Gasteiger partial charge in [0.05, 0.1) is 18.2 Å². The van der Waals surface area contributed by atoms with Crippen molar-refractivity contribution in [3.8, 4) is 5.75 Å². The van der Waals surface area contributed by atoms with Crippen LogP contribution in [0, 0.1) is 5.82 Å². The summed E-state index contributed by atoms with van der Waals surface area (Å²) in [5.41, 5.74) is 1.23. The van der Waals surface area contributed by atoms with E-state index in [0.29, 0.717) is 29.7 Å². The molecule has 1 aliphatic carbocycles. The highest BCUT2D eigenvalue weighted by molar-refractivity contribution is 5.97. The van der Waals surface area contributed by atoms with Crippen LogP contribution in [0.15, 0.2) is 17.1 Å². The Hall–Kier alpha value is -1.58. The van der Waals surface area contributed by atoms with E-state index < -0.39 is 0 Å². The molecule has 0 atom stereocenters. The van der Waals surface area contributed by atoms with Crippen molar-refractivity contribution >= 4 is 5.90 Å². The van der Waals surface area contributed by atoms with Crippen molar-refractivity contribution in [2.24, 2.45) is 4.99 Å². The minimum atomic E-state index is -0.303. The molecule has 1 saturated carbocycles. The number of halogens is 1. The first kappa shape index (κ1) is 13.4. The van der Waals surface area contributed by atoms with Gasteiger partial charge in [-0.05, 0) is 44.2 Å². The van der Waals surface area contributed by atoms with Gasteiger partial charge in [-0.15, -0.1) is 0 Å². The maximum absolute atomic E-state index is 14.5. The third-order valence-electron chi connectivity index (χ3n) is 4.06. The van der Waals surface area contributed by atoms with Gasteiger partial charge in [0.2, 0.25) is 5.90 Å². The Morgan fingerprint density at radius 1 is 1.35 bits per heavy atom. The topological polar surface area (TPSA) is 30.8 Å². The molecule has 0 saturated heterocycles. The van der Waals surface area contributed by atoms with E-state index in [1.54, 1.807) is 7.11 Å². The standard InChI is InChI=1S/C16H20FNO2/c1-16(2)9-20-15(18-16)14-12(10-5-4-6-10)7-11(19-3)8-13(14)17/h7-8,10H,4-6,9H2,1-3H3. The SMILES string of the molecule is COc1cc(F)c(C2=NC(C)(C)CO2)c(C2CCC2)c1. The predicted octanol–water partition coefficient (Wildman–Crippen LogP) is 3.66. The Balaban J connectivity index is 2.09. The van der Waals surface area contributed by atoms with Crippen LogP contribution < -0.4 is 4.74 Å². The molecule has 2 aliphatic rings. The summed E-state index contributed by atoms with van der Waals surface area (Å²) in [5.74, 6) is 1.09. The Morgan fingerprint density at radius 3 is 2.60 bits per heavy atom. The van der Waals surface area contributed by atoms with Gasteiger partial charge in [-0.1, -0.05) is 6.42 Å². The number of rotatable bonds is 3. The van der Waals surface area contributed by atoms with E-state index in [-0.39, 0.29) is 11.4 Å². The van der Waals surface area contributed by atoms with Gasteiger partial charge in [0.1, 0.15) is 18.2 Å². The Kier molecular flexibility index (Phi) is 3.19. The molecule has 20 heavy (non-hydrogen) atoms. The molecule has 1 aromatic carbocycles. The van der Waals surface area contributed by atoms with Gasteiger partial charge >= 0.3 is 0 Å². The van der Waals surface area contributed by atoms with E-state index in [1.165, 1.54) is 12.5 Å². The molecule has 1 aliphatic heterocycles. The number of hydrogen-bond acceptors (Lipinski definition) is 3. The first-order valence-corrected chi connectivity index (χ1v) is 7.10. The lowest BCUT2D eigenvalue weighted by molar-refractivity contribution is 0.278. The van der Waals surface area contributed by atoms with E-state index >= 15 is 0 Å². The average molecular weight is 277 g/mol. The number of ether oxygens (including phenoxy) is 2. The molecule has 0 unspecified atom stereocenters. The number of nitrogens with zero attached hydrogens (tertiary/aromatic N) is 1. The van der Waals surface area contributed by atoms with Crippen molar-refractivity contribution < 1.29 is 13.9 Å². The number of methoxy groups -OCH3 is 1. The molecule has 1 aromatic rings. The van der Waals surface area contributed by atoms with E-state index in [1.807, 2.05) is 19.9 Å². The molecule has 0 radical (unpaired) electrons. The first-order valence-electron chi connectivity index (χ1n) is 7.10. The second kappa shape index (κ2) is 4.76. The van der Waals surface area contributed by atoms with Crippen LogP contribution in [-0.4, -0.2) is 25.2 Å². The summed E-state index contributed by atoms with van der Waals surface area (Å²) in [4.78, 5) is 4.52. The third kappa shape index (κ3) is 2.28. The quantitative estimate of drug-likeness (QED) is 0.844. The highest BCUT2D eigenvalue weighted by Crippen LogP contribution is 2.41. The lowest BCUT2D eigenvalue weighted by Crippen LogP contribution is -2.17. The monoisotopic (exact) mass is 277 g/mol. The molecule has 108 valence electrons. The fraction of sp³-hybridized carbons (Fsp3) is 0.562. The largest absolute Gasteiger partial charge is 0.497 e. The zero-order valence-corrected chi connectivity index (χ0v) is 12.2. The van der Waals surface area contributed by atoms with Gasteiger partial charge in [0.25, 0.3) is 0 Å². The second-order valence-corrected chi connectivity index (χ2v) is 6.22. The Bertz CT molecular complexity index is 562. The molecule has 0 spiro atoms. The lowest BCUT2D eigenvalue weighted by Gasteiger charge is -2.28. The summed E-state index contributed by atoms with van der Waals surface area (Å²) in [6.07, 6.45) is 3.38. The van der Waals surface area contributed by atoms with Gasteiger partial charge in [-0.25, -0.2) is 9.38 Å². The molecule has 0 aromatic heterocycles. The summed E-state index contributed by atoms with van der Waals surface area (Å²) in [6, 6.07) is 3.34. The Morgan fingerprint density at radius 2 is 2.10 bits per heavy atom. The zero-order valence-electron chi connectivity index (χ0n) is 12.2. The van der Waals surface area contributed by atoms with E-state index in [2.05, 4.69) is 4.99 Å². The zero-order chi connectivity index (χ0) is 14.3. The Labute approximate surface area is 118 Å². The van der Waals surface area contributed by atoms with Crippen LogP contribution in [0.5, 0.6) is 5.75 Å². The van der Waals surface area contributed by atoms with Crippen molar-refractivity contribution in [1.82, 2.24) is 0 Å². The number of benzene rings is 1. The van der Waals surface area contributed by atoms with Gasteiger partial charge < -0.3 is 9.47 Å². The smallest absolute Gasteiger partial charge is 0.220 e. The van der Waals surface area contributed by atoms with Gasteiger partial charge in [0, 0.05) is 6.07 Å². The molecule has 3 nitrogen and oxygen atoms in total. The maximum Gasteiger partial charge on any atom is 0.220 e. The summed E-state index contributed by atoms with van der Waals surface area (Å²) >= 11 is 0. The van der Waals surface area contributed by atoms with Crippen molar-refractivity contribution in [2.75, 3.05) is 13.7 Å². The lowest BCUT2D eigenvalue weighted by atomic mass is 9.78. The fourth-order valence-corrected chi connectivity index (χ4v) is 2.70. The molecular formula is C16H20FNO2. The highest BCUT2D eigenvalue weighted by Gasteiger charge is 2.33. The van der Waals surface area contributed by atoms with E-state index in [9.17, 15) is 4.39 Å². The molecule has 4 heteroatoms. The van der Waals surface area contributed by atoms with Crippen molar-refractivity contribution in [1.29, 1.82) is 0 Å². The molecule has 0 N–H and O–H groups in total. The summed E-state index contributed by atoms with van der Waals surface area (Å²) in [5, 5.41) is 0. The molecule has 0 bridgehead atoms. The van der Waals surface area contributed by atoms with Crippen LogP contribution in [-0.2, 0) is 4.74 Å². The average Bonchev–Trinajstić information content (AvgIpc) is 2.66. The molecule has 1 heterocycles. The van der Waals surface area contributed by atoms with Crippen LogP contribution in [0.25, 0.3) is 0 Å². The van der Waals surface area contributed by atoms with Gasteiger partial charge in [0.15, 0.2) is 0 Å². The minimum Gasteiger partial charge on any atom is -0.497 e. The number of aliphatic imine (C=N–C) groups is 1. The summed E-state index contributed by atoms with van der Waals surface area (Å²) in [7, 11) is 1.56. The normalized spacial score (nSPS) is 21.1. The fourth-order valence-electron chi connectivity index (χ4n) is 2.70. The third-order valence-corrected chi connectivity index (χ3v) is 4.06. The van der Waals surface area contributed by atoms with Crippen LogP contribution in [0.1, 0.15) is 50.2 Å². The highest BCUT2D eigenvalue weighted by atomic mass is 19.1. The summed E-state index contributed by atoms with van der Waals surface area (Å²) < 4.78 is 25.3. The van der Waals surface area contributed by atoms with Crippen LogP contribution >= 0.6 is 0 Å². The van der Waals surface area contributed by atoms with Crippen LogP contribution in [0.4, 0.5) is 4.39 Å². The molecule has 0 amide bonds. The predicted molar refractivity (Wildman–Crippen MR) is 76.1 cm³/mol. The van der Waals surface area contributed by atoms with Gasteiger partial charge in [-0.2, -0.15) is 0 Å². The van der Waals surface area contributed by atoms with Crippen molar-refractivity contribution in [2.45, 2.75) is 44.6 Å². The van der Waals surface area contributed by atoms with Crippen molar-refractivity contribution in [3.05, 3.63) is 29.1 Å². The molecule has 3 rings (SSSR count). The van der Waals surface area contributed by atoms with Gasteiger partial charge in [-0.3, -0.25) is 0 Å². The molecular weight excluding hydrogens is 257 g/mol. The van der Waals surface area contributed by atoms with Crippen LogP contribution in [0.2, 0.25) is 0 Å². The number of hydrogen-bond donors (Lipinski definition) is 0. The maximum atomic E-state index is 14.5. The van der Waals surface area contributed by atoms with Crippen LogP contribution in [0.3, 0.4) is 0 Å². The van der Waals surface area contributed by atoms with E-state index in [0.717, 1.165) is 18.4 Å². The van der Waals surface area contributed by atoms with E-state index in [4.69, 9.17) is 9.47 Å². The first-order chi connectivity index (χ1) is 9.50. The molecule has 1 fully saturated rings. The minimum absolute atomic E-state index is 0.279. The summed E-state index contributed by atoms with van der Waals surface area (Å²) in [6.45, 7) is 4.48.